The van der Waals surface area contributed by atoms with Gasteiger partial charge in [0.15, 0.2) is 0 Å². The Balaban J connectivity index is 3.20. The predicted molar refractivity (Wildman–Crippen MR) is 83.0 cm³/mol. The monoisotopic (exact) mass is 264 g/mol. The summed E-state index contributed by atoms with van der Waals surface area (Å²) >= 11 is 0. The summed E-state index contributed by atoms with van der Waals surface area (Å²) in [5, 5.41) is 3.13. The van der Waals surface area contributed by atoms with Crippen LogP contribution >= 0.6 is 0 Å². The maximum Gasteiger partial charge on any atom is 0.138 e. The first-order valence-electron chi connectivity index (χ1n) is 6.97. The topological polar surface area (TPSA) is 41.0 Å². The number of hydrogen-bond acceptors (Lipinski definition) is 4. The summed E-state index contributed by atoms with van der Waals surface area (Å²) in [5.74, 6) is 3.30. The third-order valence-corrected chi connectivity index (χ3v) is 3.58. The molecule has 0 fully saturated rings. The van der Waals surface area contributed by atoms with Gasteiger partial charge in [-0.3, -0.25) is 0 Å². The minimum atomic E-state index is -0.0521. The van der Waals surface area contributed by atoms with Crippen molar-refractivity contribution in [2.45, 2.75) is 53.0 Å². The lowest BCUT2D eigenvalue weighted by molar-refractivity contribution is 0.497. The highest BCUT2D eigenvalue weighted by molar-refractivity contribution is 5.49. The highest BCUT2D eigenvalue weighted by Gasteiger charge is 2.22. The van der Waals surface area contributed by atoms with E-state index in [1.807, 2.05) is 13.1 Å². The van der Waals surface area contributed by atoms with Crippen molar-refractivity contribution in [1.82, 2.24) is 9.97 Å². The molecule has 0 spiro atoms. The fourth-order valence-electron chi connectivity index (χ4n) is 1.73. The Morgan fingerprint density at radius 3 is 2.16 bits per heavy atom. The Hall–Kier alpha value is -1.32. The Morgan fingerprint density at radius 2 is 1.74 bits per heavy atom. The number of hydrogen-bond donors (Lipinski definition) is 1. The van der Waals surface area contributed by atoms with Crippen LogP contribution in [0.2, 0.25) is 0 Å². The van der Waals surface area contributed by atoms with Crippen LogP contribution < -0.4 is 10.2 Å². The lowest BCUT2D eigenvalue weighted by Crippen LogP contribution is -2.34. The molecule has 0 saturated carbocycles. The average molecular weight is 264 g/mol. The Kier molecular flexibility index (Phi) is 4.77. The molecule has 0 saturated heterocycles. The first-order chi connectivity index (χ1) is 8.66. The largest absolute Gasteiger partial charge is 0.373 e. The highest BCUT2D eigenvalue weighted by atomic mass is 15.2. The molecular formula is C15H28N4. The summed E-state index contributed by atoms with van der Waals surface area (Å²) in [6, 6.07) is 2.45. The van der Waals surface area contributed by atoms with Gasteiger partial charge in [0.2, 0.25) is 0 Å². The second-order valence-corrected chi connectivity index (χ2v) is 6.53. The summed E-state index contributed by atoms with van der Waals surface area (Å²) in [7, 11) is 3.99. The predicted octanol–water partition coefficient (Wildman–Crippen LogP) is 3.30. The molecule has 1 atom stereocenters. The van der Waals surface area contributed by atoms with Crippen LogP contribution in [0, 0.1) is 5.92 Å². The first-order valence-corrected chi connectivity index (χ1v) is 6.97. The van der Waals surface area contributed by atoms with Gasteiger partial charge in [-0.2, -0.15) is 0 Å². The van der Waals surface area contributed by atoms with E-state index < -0.39 is 0 Å². The number of nitrogens with one attached hydrogen (secondary N) is 1. The summed E-state index contributed by atoms with van der Waals surface area (Å²) in [4.78, 5) is 11.5. The van der Waals surface area contributed by atoms with Gasteiger partial charge in [0.25, 0.3) is 0 Å². The normalized spacial score (nSPS) is 13.5. The molecule has 1 aromatic rings. The van der Waals surface area contributed by atoms with Crippen LogP contribution in [0.5, 0.6) is 0 Å². The van der Waals surface area contributed by atoms with Gasteiger partial charge < -0.3 is 10.2 Å². The van der Waals surface area contributed by atoms with E-state index in [2.05, 4.69) is 63.8 Å². The van der Waals surface area contributed by atoms with Crippen LogP contribution in [0.1, 0.15) is 47.4 Å². The molecule has 4 heteroatoms. The molecule has 0 aliphatic carbocycles. The molecule has 1 heterocycles. The van der Waals surface area contributed by atoms with Crippen molar-refractivity contribution >= 4 is 11.6 Å². The van der Waals surface area contributed by atoms with E-state index in [0.717, 1.165) is 17.5 Å². The molecule has 1 rings (SSSR count). The van der Waals surface area contributed by atoms with Gasteiger partial charge in [-0.15, -0.1) is 0 Å². The van der Waals surface area contributed by atoms with Gasteiger partial charge in [-0.25, -0.2) is 9.97 Å². The van der Waals surface area contributed by atoms with Gasteiger partial charge in [0.1, 0.15) is 17.5 Å². The van der Waals surface area contributed by atoms with Crippen molar-refractivity contribution in [2.24, 2.45) is 5.92 Å². The van der Waals surface area contributed by atoms with E-state index in [1.165, 1.54) is 0 Å². The van der Waals surface area contributed by atoms with E-state index in [4.69, 9.17) is 4.98 Å². The Bertz CT molecular complexity index is 421. The molecule has 4 nitrogen and oxygen atoms in total. The number of anilines is 2. The minimum Gasteiger partial charge on any atom is -0.373 e. The lowest BCUT2D eigenvalue weighted by Gasteiger charge is -2.30. The summed E-state index contributed by atoms with van der Waals surface area (Å²) in [6.07, 6.45) is 0. The maximum atomic E-state index is 4.73. The van der Waals surface area contributed by atoms with Gasteiger partial charge in [0.05, 0.1) is 0 Å². The maximum absolute atomic E-state index is 4.73. The zero-order chi connectivity index (χ0) is 14.8. The molecular weight excluding hydrogens is 236 g/mol. The third kappa shape index (κ3) is 3.82. The molecule has 108 valence electrons. The van der Waals surface area contributed by atoms with Crippen LogP contribution in [0.25, 0.3) is 0 Å². The highest BCUT2D eigenvalue weighted by Crippen LogP contribution is 2.25. The second-order valence-electron chi connectivity index (χ2n) is 6.53. The van der Waals surface area contributed by atoms with E-state index in [-0.39, 0.29) is 5.41 Å². The van der Waals surface area contributed by atoms with Crippen molar-refractivity contribution in [3.63, 3.8) is 0 Å². The smallest absolute Gasteiger partial charge is 0.138 e. The fourth-order valence-corrected chi connectivity index (χ4v) is 1.73. The van der Waals surface area contributed by atoms with Gasteiger partial charge in [-0.05, 0) is 12.8 Å². The van der Waals surface area contributed by atoms with Crippen molar-refractivity contribution in [3.8, 4) is 0 Å². The average Bonchev–Trinajstić information content (AvgIpc) is 2.35. The van der Waals surface area contributed by atoms with Crippen LogP contribution in [0.15, 0.2) is 6.07 Å². The van der Waals surface area contributed by atoms with E-state index in [1.54, 1.807) is 0 Å². The summed E-state index contributed by atoms with van der Waals surface area (Å²) in [5.41, 5.74) is -0.0521. The quantitative estimate of drug-likeness (QED) is 0.906. The molecule has 0 bridgehead atoms. The molecule has 0 aliphatic heterocycles. The van der Waals surface area contributed by atoms with Crippen LogP contribution in [-0.2, 0) is 5.41 Å². The fraction of sp³-hybridized carbons (Fsp3) is 0.733. The standard InChI is InChI=1S/C15H28N4/c1-10(2)11(3)19(8)13-9-12(16-7)17-14(18-13)15(4,5)6/h9-11H,1-8H3,(H,16,17,18). The van der Waals surface area contributed by atoms with Gasteiger partial charge >= 0.3 is 0 Å². The van der Waals surface area contributed by atoms with Crippen molar-refractivity contribution in [3.05, 3.63) is 11.9 Å². The molecule has 0 aliphatic rings. The van der Waals surface area contributed by atoms with Crippen LogP contribution in [0.4, 0.5) is 11.6 Å². The first kappa shape index (κ1) is 15.7. The number of nitrogens with zero attached hydrogens (tertiary/aromatic N) is 3. The Labute approximate surface area is 117 Å². The number of aromatic nitrogens is 2. The van der Waals surface area contributed by atoms with Crippen LogP contribution in [-0.4, -0.2) is 30.1 Å². The Morgan fingerprint density at radius 1 is 1.16 bits per heavy atom. The zero-order valence-corrected chi connectivity index (χ0v) is 13.6. The third-order valence-electron chi connectivity index (χ3n) is 3.58. The second kappa shape index (κ2) is 5.76. The van der Waals surface area contributed by atoms with E-state index in [9.17, 15) is 0 Å². The zero-order valence-electron chi connectivity index (χ0n) is 13.6. The number of rotatable bonds is 4. The molecule has 0 aromatic carbocycles. The summed E-state index contributed by atoms with van der Waals surface area (Å²) < 4.78 is 0. The SMILES string of the molecule is CNc1cc(N(C)C(C)C(C)C)nc(C(C)(C)C)n1. The minimum absolute atomic E-state index is 0.0521. The molecule has 1 N–H and O–H groups in total. The molecule has 19 heavy (non-hydrogen) atoms. The van der Waals surface area contributed by atoms with Crippen molar-refractivity contribution in [1.29, 1.82) is 0 Å². The lowest BCUT2D eigenvalue weighted by atomic mass is 9.95. The molecule has 1 aromatic heterocycles. The van der Waals surface area contributed by atoms with E-state index >= 15 is 0 Å². The van der Waals surface area contributed by atoms with Gasteiger partial charge in [-0.1, -0.05) is 34.6 Å². The molecule has 0 amide bonds. The molecule has 0 radical (unpaired) electrons. The molecule has 1 unspecified atom stereocenters. The van der Waals surface area contributed by atoms with Crippen LogP contribution in [0.3, 0.4) is 0 Å². The van der Waals surface area contributed by atoms with E-state index in [0.29, 0.717) is 12.0 Å². The summed E-state index contributed by atoms with van der Waals surface area (Å²) in [6.45, 7) is 13.1. The van der Waals surface area contributed by atoms with Crippen molar-refractivity contribution < 1.29 is 0 Å². The van der Waals surface area contributed by atoms with Gasteiger partial charge in [0, 0.05) is 31.6 Å². The van der Waals surface area contributed by atoms with Crippen molar-refractivity contribution in [2.75, 3.05) is 24.3 Å².